The summed E-state index contributed by atoms with van der Waals surface area (Å²) < 4.78 is 0. The van der Waals surface area contributed by atoms with E-state index in [2.05, 4.69) is 13.8 Å². The van der Waals surface area contributed by atoms with Gasteiger partial charge in [0.2, 0.25) is 5.91 Å². The predicted molar refractivity (Wildman–Crippen MR) is 77.8 cm³/mol. The number of benzene rings is 1. The molecule has 4 nitrogen and oxygen atoms in total. The Balaban J connectivity index is 2.31. The normalized spacial score (nSPS) is 20.4. The zero-order valence-electron chi connectivity index (χ0n) is 12.2. The number of fused-ring (bicyclic) bond motifs is 1. The van der Waals surface area contributed by atoms with Crippen LogP contribution in [0.3, 0.4) is 0 Å². The summed E-state index contributed by atoms with van der Waals surface area (Å²) in [6.45, 7) is 6.28. The van der Waals surface area contributed by atoms with Crippen LogP contribution in [0.25, 0.3) is 0 Å². The first-order chi connectivity index (χ1) is 9.47. The van der Waals surface area contributed by atoms with Crippen LogP contribution in [-0.2, 0) is 9.59 Å². The van der Waals surface area contributed by atoms with Gasteiger partial charge in [0.05, 0.1) is 0 Å². The minimum Gasteiger partial charge on any atom is -0.481 e. The highest BCUT2D eigenvalue weighted by molar-refractivity contribution is 6.00. The van der Waals surface area contributed by atoms with Crippen LogP contribution in [0.2, 0.25) is 0 Å². The molecule has 1 aromatic carbocycles. The lowest BCUT2D eigenvalue weighted by Gasteiger charge is -2.25. The van der Waals surface area contributed by atoms with Gasteiger partial charge in [0.15, 0.2) is 0 Å². The van der Waals surface area contributed by atoms with Crippen LogP contribution in [0.15, 0.2) is 24.3 Å². The van der Waals surface area contributed by atoms with Crippen LogP contribution in [0.1, 0.15) is 38.7 Å². The van der Waals surface area contributed by atoms with Crippen LogP contribution < -0.4 is 4.90 Å². The van der Waals surface area contributed by atoms with Crippen molar-refractivity contribution in [1.29, 1.82) is 0 Å². The van der Waals surface area contributed by atoms with Crippen molar-refractivity contribution in [3.63, 3.8) is 0 Å². The number of rotatable bonds is 4. The first-order valence-corrected chi connectivity index (χ1v) is 7.10. The molecule has 1 aromatic rings. The highest BCUT2D eigenvalue weighted by Gasteiger charge is 2.38. The third-order valence-corrected chi connectivity index (χ3v) is 4.42. The van der Waals surface area contributed by atoms with E-state index in [9.17, 15) is 14.7 Å². The molecule has 0 fully saturated rings. The second-order valence-electron chi connectivity index (χ2n) is 5.57. The number of hydrogen-bond acceptors (Lipinski definition) is 2. The summed E-state index contributed by atoms with van der Waals surface area (Å²) in [6.07, 6.45) is 0.935. The topological polar surface area (TPSA) is 57.6 Å². The molecule has 1 amide bonds. The average Bonchev–Trinajstić information content (AvgIpc) is 2.84. The Bertz CT molecular complexity index is 526. The Morgan fingerprint density at radius 2 is 2.00 bits per heavy atom. The number of amides is 1. The average molecular weight is 275 g/mol. The molecule has 1 heterocycles. The lowest BCUT2D eigenvalue weighted by atomic mass is 9.92. The summed E-state index contributed by atoms with van der Waals surface area (Å²) >= 11 is 0. The summed E-state index contributed by atoms with van der Waals surface area (Å²) in [7, 11) is 0. The van der Waals surface area contributed by atoms with Gasteiger partial charge in [-0.05, 0) is 17.5 Å². The van der Waals surface area contributed by atoms with Crippen molar-refractivity contribution in [2.75, 3.05) is 11.4 Å². The molecule has 0 spiro atoms. The maximum atomic E-state index is 12.6. The molecule has 108 valence electrons. The molecular formula is C16H21NO3. The largest absolute Gasteiger partial charge is 0.481 e. The van der Waals surface area contributed by atoms with Gasteiger partial charge in [-0.3, -0.25) is 9.59 Å². The zero-order chi connectivity index (χ0) is 14.9. The predicted octanol–water partition coefficient (Wildman–Crippen LogP) is 2.88. The molecule has 2 rings (SSSR count). The van der Waals surface area contributed by atoms with Crippen molar-refractivity contribution in [2.45, 2.75) is 33.1 Å². The number of nitrogens with zero attached hydrogens (tertiary/aromatic N) is 1. The summed E-state index contributed by atoms with van der Waals surface area (Å²) in [5.74, 6) is -1.27. The fourth-order valence-corrected chi connectivity index (χ4v) is 2.67. The first-order valence-electron chi connectivity index (χ1n) is 7.10. The Kier molecular flexibility index (Phi) is 4.12. The molecule has 1 N–H and O–H groups in total. The molecule has 0 saturated heterocycles. The van der Waals surface area contributed by atoms with E-state index < -0.39 is 11.9 Å². The van der Waals surface area contributed by atoms with E-state index in [1.807, 2.05) is 25.1 Å². The fraction of sp³-hybridized carbons (Fsp3) is 0.500. The standard InChI is InChI=1S/C16H21NO3/c1-4-10(2)11(3)15(18)17-9-13(16(19)20)12-7-5-6-8-14(12)17/h5-8,10-11,13H,4,9H2,1-3H3,(H,19,20). The number of para-hydroxylation sites is 1. The van der Waals surface area contributed by atoms with E-state index >= 15 is 0 Å². The van der Waals surface area contributed by atoms with Gasteiger partial charge in [0, 0.05) is 18.2 Å². The summed E-state index contributed by atoms with van der Waals surface area (Å²) in [5, 5.41) is 9.32. The van der Waals surface area contributed by atoms with Gasteiger partial charge in [-0.25, -0.2) is 0 Å². The molecule has 0 radical (unpaired) electrons. The second kappa shape index (κ2) is 5.65. The van der Waals surface area contributed by atoms with Crippen molar-refractivity contribution >= 4 is 17.6 Å². The number of anilines is 1. The third kappa shape index (κ3) is 2.42. The summed E-state index contributed by atoms with van der Waals surface area (Å²) in [4.78, 5) is 25.6. The van der Waals surface area contributed by atoms with Crippen LogP contribution in [0.4, 0.5) is 5.69 Å². The van der Waals surface area contributed by atoms with E-state index in [-0.39, 0.29) is 18.4 Å². The van der Waals surface area contributed by atoms with Crippen LogP contribution >= 0.6 is 0 Å². The minimum atomic E-state index is -0.871. The minimum absolute atomic E-state index is 0.0237. The highest BCUT2D eigenvalue weighted by Crippen LogP contribution is 2.37. The van der Waals surface area contributed by atoms with Crippen molar-refractivity contribution in [3.8, 4) is 0 Å². The zero-order valence-corrected chi connectivity index (χ0v) is 12.2. The number of hydrogen-bond donors (Lipinski definition) is 1. The number of carboxylic acids is 1. The second-order valence-corrected chi connectivity index (χ2v) is 5.57. The van der Waals surface area contributed by atoms with Gasteiger partial charge >= 0.3 is 5.97 Å². The Morgan fingerprint density at radius 1 is 1.35 bits per heavy atom. The van der Waals surface area contributed by atoms with E-state index in [1.54, 1.807) is 11.0 Å². The molecule has 1 aliphatic heterocycles. The molecular weight excluding hydrogens is 254 g/mol. The van der Waals surface area contributed by atoms with E-state index in [4.69, 9.17) is 0 Å². The molecule has 0 aromatic heterocycles. The lowest BCUT2D eigenvalue weighted by Crippen LogP contribution is -2.37. The Hall–Kier alpha value is -1.84. The third-order valence-electron chi connectivity index (χ3n) is 4.42. The van der Waals surface area contributed by atoms with E-state index in [1.165, 1.54) is 0 Å². The van der Waals surface area contributed by atoms with Gasteiger partial charge in [0.1, 0.15) is 5.92 Å². The van der Waals surface area contributed by atoms with Crippen molar-refractivity contribution in [3.05, 3.63) is 29.8 Å². The van der Waals surface area contributed by atoms with Crippen molar-refractivity contribution in [1.82, 2.24) is 0 Å². The van der Waals surface area contributed by atoms with Gasteiger partial charge in [0.25, 0.3) is 0 Å². The monoisotopic (exact) mass is 275 g/mol. The SMILES string of the molecule is CCC(C)C(C)C(=O)N1CC(C(=O)O)c2ccccc21. The number of carbonyl (C=O) groups excluding carboxylic acids is 1. The number of aliphatic carboxylic acids is 1. The molecule has 1 aliphatic rings. The first kappa shape index (κ1) is 14.6. The van der Waals surface area contributed by atoms with Gasteiger partial charge < -0.3 is 10.0 Å². The summed E-state index contributed by atoms with van der Waals surface area (Å²) in [5.41, 5.74) is 1.49. The van der Waals surface area contributed by atoms with Gasteiger partial charge in [-0.1, -0.05) is 45.4 Å². The van der Waals surface area contributed by atoms with Crippen LogP contribution in [-0.4, -0.2) is 23.5 Å². The fourth-order valence-electron chi connectivity index (χ4n) is 2.67. The summed E-state index contributed by atoms with van der Waals surface area (Å²) in [6, 6.07) is 7.30. The Labute approximate surface area is 119 Å². The molecule has 0 aliphatic carbocycles. The van der Waals surface area contributed by atoms with Crippen molar-refractivity contribution in [2.24, 2.45) is 11.8 Å². The molecule has 0 saturated carbocycles. The van der Waals surface area contributed by atoms with Crippen LogP contribution in [0.5, 0.6) is 0 Å². The molecule has 4 heteroatoms. The van der Waals surface area contributed by atoms with Gasteiger partial charge in [-0.2, -0.15) is 0 Å². The molecule has 3 unspecified atom stereocenters. The van der Waals surface area contributed by atoms with E-state index in [0.717, 1.165) is 17.7 Å². The lowest BCUT2D eigenvalue weighted by molar-refractivity contribution is -0.138. The molecule has 20 heavy (non-hydrogen) atoms. The molecule has 0 bridgehead atoms. The molecule has 3 atom stereocenters. The number of carboxylic acid groups (broad SMARTS) is 1. The maximum Gasteiger partial charge on any atom is 0.312 e. The smallest absolute Gasteiger partial charge is 0.312 e. The van der Waals surface area contributed by atoms with Gasteiger partial charge in [-0.15, -0.1) is 0 Å². The number of carbonyl (C=O) groups is 2. The Morgan fingerprint density at radius 3 is 2.60 bits per heavy atom. The maximum absolute atomic E-state index is 12.6. The van der Waals surface area contributed by atoms with Crippen molar-refractivity contribution < 1.29 is 14.7 Å². The van der Waals surface area contributed by atoms with Crippen LogP contribution in [0, 0.1) is 11.8 Å². The quantitative estimate of drug-likeness (QED) is 0.919. The highest BCUT2D eigenvalue weighted by atomic mass is 16.4. The van der Waals surface area contributed by atoms with E-state index in [0.29, 0.717) is 5.92 Å².